The largest absolute Gasteiger partial charge is 0.354 e. The summed E-state index contributed by atoms with van der Waals surface area (Å²) in [6.07, 6.45) is -0.217. The molecule has 90 valence electrons. The average Bonchev–Trinajstić information content (AvgIpc) is 2.31. The zero-order valence-electron chi connectivity index (χ0n) is 10.4. The average molecular weight is 223 g/mol. The maximum absolute atomic E-state index is 5.21. The minimum absolute atomic E-state index is 0.144. The molecule has 3 heteroatoms. The van der Waals surface area contributed by atoms with Gasteiger partial charge in [0.25, 0.3) is 0 Å². The molecule has 1 aromatic carbocycles. The van der Waals surface area contributed by atoms with E-state index < -0.39 is 0 Å². The van der Waals surface area contributed by atoms with Crippen molar-refractivity contribution in [1.82, 2.24) is 5.32 Å². The molecule has 0 saturated heterocycles. The number of hydrogen-bond donors (Lipinski definition) is 1. The van der Waals surface area contributed by atoms with Crippen LogP contribution in [0.5, 0.6) is 0 Å². The van der Waals surface area contributed by atoms with E-state index in [2.05, 4.69) is 31.3 Å². The van der Waals surface area contributed by atoms with Crippen LogP contribution in [-0.4, -0.2) is 26.6 Å². The topological polar surface area (TPSA) is 30.5 Å². The van der Waals surface area contributed by atoms with Gasteiger partial charge >= 0.3 is 0 Å². The first kappa shape index (κ1) is 13.2. The predicted octanol–water partition coefficient (Wildman–Crippen LogP) is 2.34. The second-order valence-corrected chi connectivity index (χ2v) is 3.93. The summed E-state index contributed by atoms with van der Waals surface area (Å²) in [6, 6.07) is 10.8. The Morgan fingerprint density at radius 2 is 1.56 bits per heavy atom. The normalized spacial score (nSPS) is 15.1. The standard InChI is InChI=1S/C13H21NO2/c1-10(12-8-6-5-7-9-12)14-11(2)13(15-3)16-4/h5-11,13-14H,1-4H3/t10-,11?/m0/s1. The quantitative estimate of drug-likeness (QED) is 0.751. The molecule has 0 radical (unpaired) electrons. The van der Waals surface area contributed by atoms with Crippen LogP contribution in [0.4, 0.5) is 0 Å². The Labute approximate surface area is 97.8 Å². The molecule has 0 spiro atoms. The maximum Gasteiger partial charge on any atom is 0.171 e. The zero-order valence-corrected chi connectivity index (χ0v) is 10.4. The van der Waals surface area contributed by atoms with Crippen molar-refractivity contribution in [2.24, 2.45) is 0 Å². The van der Waals surface area contributed by atoms with Crippen LogP contribution in [0.25, 0.3) is 0 Å². The Bertz CT molecular complexity index is 285. The second-order valence-electron chi connectivity index (χ2n) is 3.93. The predicted molar refractivity (Wildman–Crippen MR) is 65.3 cm³/mol. The molecule has 0 amide bonds. The van der Waals surface area contributed by atoms with Crippen LogP contribution in [0.3, 0.4) is 0 Å². The molecule has 1 rings (SSSR count). The highest BCUT2D eigenvalue weighted by atomic mass is 16.7. The zero-order chi connectivity index (χ0) is 12.0. The smallest absolute Gasteiger partial charge is 0.171 e. The lowest BCUT2D eigenvalue weighted by atomic mass is 10.1. The van der Waals surface area contributed by atoms with Crippen LogP contribution in [0.2, 0.25) is 0 Å². The molecule has 0 aliphatic rings. The Morgan fingerprint density at radius 1 is 1.00 bits per heavy atom. The summed E-state index contributed by atoms with van der Waals surface area (Å²) in [5.74, 6) is 0. The Morgan fingerprint density at radius 3 is 2.06 bits per heavy atom. The van der Waals surface area contributed by atoms with Gasteiger partial charge in [0.05, 0.1) is 6.04 Å². The number of nitrogens with one attached hydrogen (secondary N) is 1. The Hall–Kier alpha value is -0.900. The van der Waals surface area contributed by atoms with Crippen molar-refractivity contribution in [1.29, 1.82) is 0 Å². The summed E-state index contributed by atoms with van der Waals surface area (Å²) in [4.78, 5) is 0. The van der Waals surface area contributed by atoms with Crippen LogP contribution in [-0.2, 0) is 9.47 Å². The van der Waals surface area contributed by atoms with Crippen molar-refractivity contribution in [2.45, 2.75) is 32.2 Å². The van der Waals surface area contributed by atoms with Gasteiger partial charge in [-0.15, -0.1) is 0 Å². The third-order valence-electron chi connectivity index (χ3n) is 2.69. The minimum atomic E-state index is -0.217. The molecular weight excluding hydrogens is 202 g/mol. The van der Waals surface area contributed by atoms with Gasteiger partial charge in [-0.25, -0.2) is 0 Å². The summed E-state index contributed by atoms with van der Waals surface area (Å²) in [6.45, 7) is 4.19. The lowest BCUT2D eigenvalue weighted by molar-refractivity contribution is -0.120. The van der Waals surface area contributed by atoms with E-state index in [0.717, 1.165) is 0 Å². The van der Waals surface area contributed by atoms with Crippen LogP contribution in [0.1, 0.15) is 25.5 Å². The number of benzene rings is 1. The third-order valence-corrected chi connectivity index (χ3v) is 2.69. The molecule has 0 heterocycles. The van der Waals surface area contributed by atoms with Gasteiger partial charge in [-0.1, -0.05) is 30.3 Å². The molecule has 0 aliphatic carbocycles. The SMILES string of the molecule is COC(OC)C(C)N[C@@H](C)c1ccccc1. The summed E-state index contributed by atoms with van der Waals surface area (Å²) in [7, 11) is 3.30. The van der Waals surface area contributed by atoms with Crippen LogP contribution < -0.4 is 5.32 Å². The molecule has 0 aromatic heterocycles. The molecule has 2 atom stereocenters. The van der Waals surface area contributed by atoms with E-state index >= 15 is 0 Å². The van der Waals surface area contributed by atoms with Gasteiger partial charge in [-0.2, -0.15) is 0 Å². The second kappa shape index (κ2) is 6.63. The molecular formula is C13H21NO2. The molecule has 0 bridgehead atoms. The van der Waals surface area contributed by atoms with Gasteiger partial charge in [-0.05, 0) is 19.4 Å². The van der Waals surface area contributed by atoms with E-state index in [9.17, 15) is 0 Å². The highest BCUT2D eigenvalue weighted by molar-refractivity contribution is 5.18. The van der Waals surface area contributed by atoms with E-state index in [-0.39, 0.29) is 18.4 Å². The number of methoxy groups -OCH3 is 2. The molecule has 3 nitrogen and oxygen atoms in total. The van der Waals surface area contributed by atoms with E-state index in [0.29, 0.717) is 0 Å². The van der Waals surface area contributed by atoms with Gasteiger partial charge in [0.1, 0.15) is 0 Å². The first-order valence-corrected chi connectivity index (χ1v) is 5.55. The fourth-order valence-corrected chi connectivity index (χ4v) is 1.82. The van der Waals surface area contributed by atoms with Crippen molar-refractivity contribution in [3.8, 4) is 0 Å². The van der Waals surface area contributed by atoms with Crippen molar-refractivity contribution < 1.29 is 9.47 Å². The Balaban J connectivity index is 2.54. The fraction of sp³-hybridized carbons (Fsp3) is 0.538. The van der Waals surface area contributed by atoms with Gasteiger partial charge in [0.2, 0.25) is 0 Å². The molecule has 1 aromatic rings. The van der Waals surface area contributed by atoms with E-state index in [1.807, 2.05) is 18.2 Å². The van der Waals surface area contributed by atoms with Crippen molar-refractivity contribution in [3.63, 3.8) is 0 Å². The highest BCUT2D eigenvalue weighted by Crippen LogP contribution is 2.13. The maximum atomic E-state index is 5.21. The molecule has 1 unspecified atom stereocenters. The lowest BCUT2D eigenvalue weighted by Gasteiger charge is -2.25. The van der Waals surface area contributed by atoms with Gasteiger partial charge < -0.3 is 14.8 Å². The van der Waals surface area contributed by atoms with Crippen LogP contribution >= 0.6 is 0 Å². The van der Waals surface area contributed by atoms with E-state index in [1.165, 1.54) is 5.56 Å². The van der Waals surface area contributed by atoms with Gasteiger partial charge in [0, 0.05) is 20.3 Å². The summed E-state index contributed by atoms with van der Waals surface area (Å²) in [5.41, 5.74) is 1.26. The van der Waals surface area contributed by atoms with Gasteiger partial charge in [-0.3, -0.25) is 0 Å². The van der Waals surface area contributed by atoms with E-state index in [1.54, 1.807) is 14.2 Å². The summed E-state index contributed by atoms with van der Waals surface area (Å²) < 4.78 is 10.4. The Kier molecular flexibility index (Phi) is 5.46. The van der Waals surface area contributed by atoms with Gasteiger partial charge in [0.15, 0.2) is 6.29 Å². The third kappa shape index (κ3) is 3.59. The molecule has 0 aliphatic heterocycles. The van der Waals surface area contributed by atoms with Crippen molar-refractivity contribution >= 4 is 0 Å². The summed E-state index contributed by atoms with van der Waals surface area (Å²) in [5, 5.41) is 3.45. The van der Waals surface area contributed by atoms with Crippen LogP contribution in [0.15, 0.2) is 30.3 Å². The number of ether oxygens (including phenoxy) is 2. The monoisotopic (exact) mass is 223 g/mol. The highest BCUT2D eigenvalue weighted by Gasteiger charge is 2.17. The van der Waals surface area contributed by atoms with Crippen LogP contribution in [0, 0.1) is 0 Å². The first-order valence-electron chi connectivity index (χ1n) is 5.55. The number of hydrogen-bond acceptors (Lipinski definition) is 3. The fourth-order valence-electron chi connectivity index (χ4n) is 1.82. The molecule has 16 heavy (non-hydrogen) atoms. The number of rotatable bonds is 6. The summed E-state index contributed by atoms with van der Waals surface area (Å²) >= 11 is 0. The lowest BCUT2D eigenvalue weighted by Crippen LogP contribution is -2.40. The van der Waals surface area contributed by atoms with Crippen molar-refractivity contribution in [2.75, 3.05) is 14.2 Å². The molecule has 0 fully saturated rings. The van der Waals surface area contributed by atoms with E-state index in [4.69, 9.17) is 9.47 Å². The van der Waals surface area contributed by atoms with Crippen molar-refractivity contribution in [3.05, 3.63) is 35.9 Å². The molecule has 1 N–H and O–H groups in total. The minimum Gasteiger partial charge on any atom is -0.354 e. The molecule has 0 saturated carbocycles. The first-order chi connectivity index (χ1) is 7.69.